The van der Waals surface area contributed by atoms with Gasteiger partial charge >= 0.3 is 12.0 Å². The molecule has 0 aromatic carbocycles. The molecule has 1 heterocycles. The third-order valence-corrected chi connectivity index (χ3v) is 9.09. The van der Waals surface area contributed by atoms with E-state index < -0.39 is 23.9 Å². The van der Waals surface area contributed by atoms with Gasteiger partial charge in [0.1, 0.15) is 11.0 Å². The summed E-state index contributed by atoms with van der Waals surface area (Å²) in [5.41, 5.74) is 12.9. The lowest BCUT2D eigenvalue weighted by atomic mass is 9.70. The molecule has 0 bridgehead atoms. The zero-order valence-corrected chi connectivity index (χ0v) is 24.8. The highest BCUT2D eigenvalue weighted by Gasteiger charge is 2.37. The van der Waals surface area contributed by atoms with Crippen molar-refractivity contribution in [1.29, 1.82) is 0 Å². The molecule has 0 radical (unpaired) electrons. The van der Waals surface area contributed by atoms with Gasteiger partial charge in [-0.3, -0.25) is 19.8 Å². The van der Waals surface area contributed by atoms with Crippen LogP contribution in [0.3, 0.4) is 0 Å². The summed E-state index contributed by atoms with van der Waals surface area (Å²) in [6.07, 6.45) is 12.6. The molecule has 8 nitrogen and oxygen atoms in total. The SMILES string of the molecule is CC1=CC(c2cc(C(N)=O)c(NC(N)=O)s2)=CC(C)(C)C1/C=C/CN(C1CCCC1C)[C@@H](CC(C)C)C(=O)O. The molecular formula is C30H44N4O4S. The van der Waals surface area contributed by atoms with Crippen LogP contribution in [0.1, 0.15) is 82.5 Å². The highest BCUT2D eigenvalue weighted by Crippen LogP contribution is 2.45. The lowest BCUT2D eigenvalue weighted by Crippen LogP contribution is -2.49. The molecule has 0 spiro atoms. The quantitative estimate of drug-likeness (QED) is 0.253. The molecule has 1 fully saturated rings. The summed E-state index contributed by atoms with van der Waals surface area (Å²) in [6.45, 7) is 13.4. The third-order valence-electron chi connectivity index (χ3n) is 7.99. The zero-order valence-electron chi connectivity index (χ0n) is 24.0. The maximum atomic E-state index is 12.3. The monoisotopic (exact) mass is 556 g/mol. The molecule has 4 atom stereocenters. The first-order valence-electron chi connectivity index (χ1n) is 13.8. The molecule has 3 amide bonds. The van der Waals surface area contributed by atoms with Crippen LogP contribution < -0.4 is 16.8 Å². The number of primary amides is 2. The van der Waals surface area contributed by atoms with Gasteiger partial charge in [-0.2, -0.15) is 0 Å². The summed E-state index contributed by atoms with van der Waals surface area (Å²) < 4.78 is 0. The van der Waals surface area contributed by atoms with E-state index in [0.29, 0.717) is 29.8 Å². The predicted molar refractivity (Wildman–Crippen MR) is 159 cm³/mol. The Morgan fingerprint density at radius 3 is 2.46 bits per heavy atom. The van der Waals surface area contributed by atoms with E-state index in [9.17, 15) is 19.5 Å². The number of hydrogen-bond donors (Lipinski definition) is 4. The molecule has 6 N–H and O–H groups in total. The summed E-state index contributed by atoms with van der Waals surface area (Å²) in [4.78, 5) is 38.7. The van der Waals surface area contributed by atoms with Gasteiger partial charge in [-0.25, -0.2) is 4.79 Å². The van der Waals surface area contributed by atoms with Crippen molar-refractivity contribution in [2.24, 2.45) is 34.6 Å². The van der Waals surface area contributed by atoms with Gasteiger partial charge in [-0.05, 0) is 55.1 Å². The van der Waals surface area contributed by atoms with Crippen molar-refractivity contribution in [3.63, 3.8) is 0 Å². The first kappa shape index (κ1) is 30.6. The first-order chi connectivity index (χ1) is 18.2. The van der Waals surface area contributed by atoms with Crippen molar-refractivity contribution in [2.45, 2.75) is 79.3 Å². The second-order valence-electron chi connectivity index (χ2n) is 12.1. The van der Waals surface area contributed by atoms with Gasteiger partial charge in [0, 0.05) is 23.4 Å². The summed E-state index contributed by atoms with van der Waals surface area (Å²) in [7, 11) is 0. The number of nitrogens with two attached hydrogens (primary N) is 2. The second kappa shape index (κ2) is 12.5. The van der Waals surface area contributed by atoms with Crippen molar-refractivity contribution in [2.75, 3.05) is 11.9 Å². The molecule has 39 heavy (non-hydrogen) atoms. The minimum absolute atomic E-state index is 0.122. The number of amides is 3. The standard InChI is InChI=1S/C30H44N4O4S/c1-17(2)13-24(28(36)37)34(23-11-7-9-18(23)3)12-8-10-22-19(4)14-20(16-30(22,5)6)25-15-21(26(31)35)27(39-25)33-29(32)38/h8,10,14-18,22-24H,7,9,11-13H2,1-6H3,(H2,31,35)(H,36,37)(H3,32,33,38)/b10-8+/t18?,22?,23?,24-/m0/s1. The van der Waals surface area contributed by atoms with Gasteiger partial charge in [0.25, 0.3) is 5.91 Å². The molecule has 214 valence electrons. The number of carboxylic acids is 1. The van der Waals surface area contributed by atoms with E-state index in [1.54, 1.807) is 6.07 Å². The minimum Gasteiger partial charge on any atom is -0.480 e. The summed E-state index contributed by atoms with van der Waals surface area (Å²) in [6, 6.07) is 0.727. The van der Waals surface area contributed by atoms with Crippen LogP contribution in [0, 0.1) is 23.2 Å². The molecule has 1 aromatic rings. The molecule has 1 saturated carbocycles. The zero-order chi connectivity index (χ0) is 29.1. The van der Waals surface area contributed by atoms with Gasteiger partial charge < -0.3 is 16.6 Å². The van der Waals surface area contributed by atoms with Gasteiger partial charge in [0.05, 0.1) is 5.56 Å². The first-order valence-corrected chi connectivity index (χ1v) is 14.6. The van der Waals surface area contributed by atoms with Gasteiger partial charge in [-0.15, -0.1) is 11.3 Å². The molecule has 1 aromatic heterocycles. The predicted octanol–water partition coefficient (Wildman–Crippen LogP) is 5.87. The van der Waals surface area contributed by atoms with E-state index >= 15 is 0 Å². The molecule has 0 aliphatic heterocycles. The topological polar surface area (TPSA) is 139 Å². The summed E-state index contributed by atoms with van der Waals surface area (Å²) >= 11 is 1.27. The fourth-order valence-corrected chi connectivity index (χ4v) is 7.23. The largest absolute Gasteiger partial charge is 0.480 e. The van der Waals surface area contributed by atoms with Crippen LogP contribution in [-0.4, -0.2) is 46.5 Å². The Morgan fingerprint density at radius 1 is 1.26 bits per heavy atom. The van der Waals surface area contributed by atoms with Crippen molar-refractivity contribution in [3.8, 4) is 0 Å². The van der Waals surface area contributed by atoms with Crippen molar-refractivity contribution >= 4 is 39.8 Å². The number of allylic oxidation sites excluding steroid dienone is 5. The summed E-state index contributed by atoms with van der Waals surface area (Å²) in [5.74, 6) is -0.468. The van der Waals surface area contributed by atoms with Gasteiger partial charge in [-0.1, -0.05) is 70.9 Å². The fraction of sp³-hybridized carbons (Fsp3) is 0.567. The number of anilines is 1. The Balaban J connectivity index is 1.85. The third kappa shape index (κ3) is 7.39. The van der Waals surface area contributed by atoms with Crippen molar-refractivity contribution in [3.05, 3.63) is 46.4 Å². The highest BCUT2D eigenvalue weighted by molar-refractivity contribution is 7.17. The average Bonchev–Trinajstić information content (AvgIpc) is 3.42. The molecule has 2 aliphatic carbocycles. The Kier molecular flexibility index (Phi) is 9.83. The lowest BCUT2D eigenvalue weighted by molar-refractivity contribution is -0.145. The van der Waals surface area contributed by atoms with Crippen LogP contribution in [0.4, 0.5) is 9.80 Å². The maximum absolute atomic E-state index is 12.3. The Morgan fingerprint density at radius 2 is 1.95 bits per heavy atom. The number of hydrogen-bond acceptors (Lipinski definition) is 5. The van der Waals surface area contributed by atoms with Crippen LogP contribution in [0.15, 0.2) is 35.9 Å². The highest BCUT2D eigenvalue weighted by atomic mass is 32.1. The van der Waals surface area contributed by atoms with Crippen molar-refractivity contribution in [1.82, 2.24) is 4.90 Å². The number of nitrogens with one attached hydrogen (secondary N) is 1. The molecule has 0 saturated heterocycles. The fourth-order valence-electron chi connectivity index (χ4n) is 6.17. The van der Waals surface area contributed by atoms with E-state index in [1.165, 1.54) is 11.3 Å². The lowest BCUT2D eigenvalue weighted by Gasteiger charge is -2.37. The number of aliphatic carboxylic acids is 1. The van der Waals surface area contributed by atoms with E-state index in [-0.39, 0.29) is 22.9 Å². The average molecular weight is 557 g/mol. The van der Waals surface area contributed by atoms with Crippen molar-refractivity contribution < 1.29 is 19.5 Å². The molecule has 3 rings (SSSR count). The Hall–Kier alpha value is -2.91. The second-order valence-corrected chi connectivity index (χ2v) is 13.1. The van der Waals surface area contributed by atoms with E-state index in [4.69, 9.17) is 11.5 Å². The minimum atomic E-state index is -0.750. The Labute approximate surface area is 236 Å². The number of carbonyl (C=O) groups is 3. The van der Waals surface area contributed by atoms with E-state index in [1.807, 2.05) is 0 Å². The molecule has 2 aliphatic rings. The number of urea groups is 1. The number of thiophene rings is 1. The van der Waals surface area contributed by atoms with Crippen LogP contribution in [0.5, 0.6) is 0 Å². The molecule has 3 unspecified atom stereocenters. The number of rotatable bonds is 11. The maximum Gasteiger partial charge on any atom is 0.320 e. The Bertz CT molecular complexity index is 1180. The van der Waals surface area contributed by atoms with Crippen LogP contribution in [0.2, 0.25) is 0 Å². The van der Waals surface area contributed by atoms with Crippen LogP contribution in [0.25, 0.3) is 5.57 Å². The molecule has 9 heteroatoms. The number of carboxylic acid groups (broad SMARTS) is 1. The van der Waals surface area contributed by atoms with E-state index in [2.05, 4.69) is 76.1 Å². The number of nitrogens with zero attached hydrogens (tertiary/aromatic N) is 1. The molecular weight excluding hydrogens is 512 g/mol. The number of carbonyl (C=O) groups excluding carboxylic acids is 2. The normalized spacial score (nSPS) is 23.6. The van der Waals surface area contributed by atoms with Crippen LogP contribution >= 0.6 is 11.3 Å². The van der Waals surface area contributed by atoms with Gasteiger partial charge in [0.15, 0.2) is 0 Å². The van der Waals surface area contributed by atoms with E-state index in [0.717, 1.165) is 35.3 Å². The van der Waals surface area contributed by atoms with Gasteiger partial charge in [0.2, 0.25) is 0 Å². The van der Waals surface area contributed by atoms with Crippen LogP contribution in [-0.2, 0) is 4.79 Å². The smallest absolute Gasteiger partial charge is 0.320 e. The summed E-state index contributed by atoms with van der Waals surface area (Å²) in [5, 5.41) is 13.0.